The molecule has 0 saturated carbocycles. The summed E-state index contributed by atoms with van der Waals surface area (Å²) in [6.45, 7) is 5.83. The number of hydrogen-bond acceptors (Lipinski definition) is 6. The Labute approximate surface area is 202 Å². The van der Waals surface area contributed by atoms with Crippen LogP contribution in [0.5, 0.6) is 0 Å². The number of rotatable bonds is 4. The van der Waals surface area contributed by atoms with Crippen molar-refractivity contribution >= 4 is 34.9 Å². The van der Waals surface area contributed by atoms with Gasteiger partial charge < -0.3 is 20.5 Å². The number of anilines is 1. The molecular weight excluding hydrogens is 446 g/mol. The van der Waals surface area contributed by atoms with Crippen molar-refractivity contribution in [3.05, 3.63) is 67.9 Å². The van der Waals surface area contributed by atoms with Crippen LogP contribution in [-0.4, -0.2) is 43.7 Å². The number of aryl methyl sites for hydroxylation is 1. The van der Waals surface area contributed by atoms with Crippen molar-refractivity contribution in [3.63, 3.8) is 0 Å². The van der Waals surface area contributed by atoms with Crippen LogP contribution >= 0.6 is 0 Å². The van der Waals surface area contributed by atoms with E-state index in [4.69, 9.17) is 10.7 Å². The van der Waals surface area contributed by atoms with E-state index in [0.717, 1.165) is 29.5 Å². The van der Waals surface area contributed by atoms with E-state index >= 15 is 0 Å². The third-order valence-corrected chi connectivity index (χ3v) is 6.55. The third kappa shape index (κ3) is 3.89. The maximum absolute atomic E-state index is 13.8. The number of allylic oxidation sites excluding steroid dienone is 2. The zero-order valence-corrected chi connectivity index (χ0v) is 20.1. The molecule has 0 radical (unpaired) electrons. The topological polar surface area (TPSA) is 120 Å². The highest BCUT2D eigenvalue weighted by Crippen LogP contribution is 2.25. The highest BCUT2D eigenvalue weighted by atomic mass is 16.2. The van der Waals surface area contributed by atoms with Crippen molar-refractivity contribution in [1.82, 2.24) is 24.0 Å². The first-order valence-electron chi connectivity index (χ1n) is 11.7. The van der Waals surface area contributed by atoms with Crippen LogP contribution in [0.3, 0.4) is 0 Å². The molecule has 2 aromatic heterocycles. The molecule has 2 aliphatic heterocycles. The summed E-state index contributed by atoms with van der Waals surface area (Å²) in [7, 11) is 1.60. The molecule has 4 heterocycles. The standard InChI is InChI=1S/C25H29N7O3/c1-15(2)10-12-31-20-21(28-24(31)30-11-6-7-16(26)13-30)29(3)25(35)32(23(20)34)14-19-17-8-4-5-9-18(17)22(33)27-19/h4-5,8-10,14,16H,6-7,11-13,26H2,1-3H3,(H,27,33)/b19-14-. The monoisotopic (exact) mass is 475 g/mol. The number of nitrogens with two attached hydrogens (primary N) is 1. The van der Waals surface area contributed by atoms with E-state index in [0.29, 0.717) is 47.0 Å². The number of benzene rings is 1. The van der Waals surface area contributed by atoms with Gasteiger partial charge in [0.25, 0.3) is 11.5 Å². The Morgan fingerprint density at radius 1 is 1.20 bits per heavy atom. The van der Waals surface area contributed by atoms with Gasteiger partial charge in [0, 0.05) is 50.1 Å². The van der Waals surface area contributed by atoms with E-state index in [1.165, 1.54) is 10.8 Å². The third-order valence-electron chi connectivity index (χ3n) is 6.55. The second-order valence-corrected chi connectivity index (χ2v) is 9.38. The zero-order chi connectivity index (χ0) is 24.9. The molecule has 1 amide bonds. The van der Waals surface area contributed by atoms with Crippen LogP contribution in [-0.2, 0) is 13.6 Å². The Kier molecular flexibility index (Phi) is 5.68. The van der Waals surface area contributed by atoms with Crippen molar-refractivity contribution in [2.24, 2.45) is 12.8 Å². The normalized spacial score (nSPS) is 18.7. The molecule has 1 fully saturated rings. The van der Waals surface area contributed by atoms with Crippen LogP contribution in [0, 0.1) is 0 Å². The average Bonchev–Trinajstić information content (AvgIpc) is 3.37. The number of aromatic nitrogens is 4. The smallest absolute Gasteiger partial charge is 0.336 e. The molecule has 182 valence electrons. The van der Waals surface area contributed by atoms with E-state index in [1.807, 2.05) is 24.5 Å². The van der Waals surface area contributed by atoms with Gasteiger partial charge in [-0.2, -0.15) is 4.98 Å². The summed E-state index contributed by atoms with van der Waals surface area (Å²) in [4.78, 5) is 46.3. The Morgan fingerprint density at radius 2 is 1.94 bits per heavy atom. The number of carbonyl (C=O) groups excluding carboxylic acids is 1. The second kappa shape index (κ2) is 8.70. The molecule has 0 spiro atoms. The molecule has 3 N–H and O–H groups in total. The molecule has 10 heteroatoms. The molecule has 1 atom stereocenters. The zero-order valence-electron chi connectivity index (χ0n) is 20.1. The van der Waals surface area contributed by atoms with Gasteiger partial charge in [-0.15, -0.1) is 0 Å². The summed E-state index contributed by atoms with van der Waals surface area (Å²) >= 11 is 0. The Morgan fingerprint density at radius 3 is 2.66 bits per heavy atom. The van der Waals surface area contributed by atoms with Crippen molar-refractivity contribution in [2.45, 2.75) is 39.3 Å². The summed E-state index contributed by atoms with van der Waals surface area (Å²) in [5, 5.41) is 2.77. The predicted molar refractivity (Wildman–Crippen MR) is 136 cm³/mol. The predicted octanol–water partition coefficient (Wildman–Crippen LogP) is 1.49. The summed E-state index contributed by atoms with van der Waals surface area (Å²) in [6, 6.07) is 7.09. The minimum absolute atomic E-state index is 0.0247. The number of imidazole rings is 1. The molecule has 1 unspecified atom stereocenters. The van der Waals surface area contributed by atoms with Gasteiger partial charge in [-0.25, -0.2) is 9.36 Å². The summed E-state index contributed by atoms with van der Waals surface area (Å²) in [5.74, 6) is 0.361. The quantitative estimate of drug-likeness (QED) is 0.552. The van der Waals surface area contributed by atoms with E-state index in [9.17, 15) is 14.4 Å². The number of piperidine rings is 1. The number of nitrogens with zero attached hydrogens (tertiary/aromatic N) is 5. The number of carbonyl (C=O) groups is 1. The van der Waals surface area contributed by atoms with Gasteiger partial charge in [0.2, 0.25) is 5.95 Å². The van der Waals surface area contributed by atoms with Crippen LogP contribution in [0.1, 0.15) is 42.6 Å². The summed E-state index contributed by atoms with van der Waals surface area (Å²) < 4.78 is 4.29. The maximum Gasteiger partial charge on any atom is 0.336 e. The fourth-order valence-electron chi connectivity index (χ4n) is 4.72. The van der Waals surface area contributed by atoms with Crippen LogP contribution in [0.15, 0.2) is 45.5 Å². The molecule has 0 bridgehead atoms. The Bertz CT molecular complexity index is 1520. The highest BCUT2D eigenvalue weighted by molar-refractivity contribution is 6.10. The van der Waals surface area contributed by atoms with Crippen LogP contribution in [0.2, 0.25) is 0 Å². The minimum Gasteiger partial charge on any atom is -0.341 e. The molecule has 35 heavy (non-hydrogen) atoms. The first-order chi connectivity index (χ1) is 16.8. The van der Waals surface area contributed by atoms with Crippen molar-refractivity contribution in [3.8, 4) is 0 Å². The maximum atomic E-state index is 13.8. The number of fused-ring (bicyclic) bond motifs is 2. The van der Waals surface area contributed by atoms with Gasteiger partial charge in [0.15, 0.2) is 11.2 Å². The van der Waals surface area contributed by atoms with Crippen LogP contribution in [0.4, 0.5) is 5.95 Å². The Balaban J connectivity index is 1.74. The summed E-state index contributed by atoms with van der Waals surface area (Å²) in [6.07, 6.45) is 5.30. The molecule has 10 nitrogen and oxygen atoms in total. The number of hydrogen-bond donors (Lipinski definition) is 2. The van der Waals surface area contributed by atoms with E-state index in [1.54, 1.807) is 31.3 Å². The van der Waals surface area contributed by atoms with E-state index < -0.39 is 11.2 Å². The molecule has 3 aromatic rings. The number of nitrogens with one attached hydrogen (secondary N) is 1. The number of amides is 1. The summed E-state index contributed by atoms with van der Waals surface area (Å²) in [5.41, 5.74) is 8.50. The van der Waals surface area contributed by atoms with Crippen molar-refractivity contribution in [2.75, 3.05) is 18.0 Å². The lowest BCUT2D eigenvalue weighted by Crippen LogP contribution is -2.44. The molecule has 1 saturated heterocycles. The fraction of sp³-hybridized carbons (Fsp3) is 0.360. The molecule has 5 rings (SSSR count). The first kappa shape index (κ1) is 22.9. The van der Waals surface area contributed by atoms with Gasteiger partial charge in [-0.3, -0.25) is 14.2 Å². The highest BCUT2D eigenvalue weighted by Gasteiger charge is 2.27. The lowest BCUT2D eigenvalue weighted by Gasteiger charge is -2.31. The molecule has 2 aliphatic rings. The lowest BCUT2D eigenvalue weighted by molar-refractivity contribution is 0.0981. The molecule has 0 aliphatic carbocycles. The van der Waals surface area contributed by atoms with Crippen LogP contribution < -0.4 is 27.2 Å². The van der Waals surface area contributed by atoms with Crippen molar-refractivity contribution < 1.29 is 4.79 Å². The van der Waals surface area contributed by atoms with E-state index in [2.05, 4.69) is 10.2 Å². The fourth-order valence-corrected chi connectivity index (χ4v) is 4.72. The van der Waals surface area contributed by atoms with E-state index in [-0.39, 0.29) is 11.9 Å². The first-order valence-corrected chi connectivity index (χ1v) is 11.7. The largest absolute Gasteiger partial charge is 0.341 e. The molecular formula is C25H29N7O3. The van der Waals surface area contributed by atoms with Gasteiger partial charge >= 0.3 is 5.69 Å². The minimum atomic E-state index is -0.539. The second-order valence-electron chi connectivity index (χ2n) is 9.38. The average molecular weight is 476 g/mol. The van der Waals surface area contributed by atoms with Crippen LogP contribution in [0.25, 0.3) is 23.1 Å². The SMILES string of the molecule is CC(C)=CCn1c(N2CCCC(N)C2)nc2c1c(=O)n(/C=C1\NC(=O)c3ccccc31)c(=O)n2C. The molecule has 1 aromatic carbocycles. The Hall–Kier alpha value is -3.92. The van der Waals surface area contributed by atoms with Gasteiger partial charge in [-0.05, 0) is 32.8 Å². The van der Waals surface area contributed by atoms with Gasteiger partial charge in [-0.1, -0.05) is 29.8 Å². The lowest BCUT2D eigenvalue weighted by atomic mass is 10.1. The van der Waals surface area contributed by atoms with Gasteiger partial charge in [0.1, 0.15) is 0 Å². The van der Waals surface area contributed by atoms with Gasteiger partial charge in [0.05, 0.1) is 5.70 Å². The van der Waals surface area contributed by atoms with Crippen molar-refractivity contribution in [1.29, 1.82) is 0 Å².